The van der Waals surface area contributed by atoms with Crippen molar-refractivity contribution in [2.75, 3.05) is 5.32 Å². The van der Waals surface area contributed by atoms with Crippen LogP contribution in [0.2, 0.25) is 0 Å². The number of ether oxygens (including phenoxy) is 1. The van der Waals surface area contributed by atoms with Crippen LogP contribution < -0.4 is 10.1 Å². The number of anilines is 1. The Hall–Kier alpha value is -3.28. The zero-order valence-corrected chi connectivity index (χ0v) is 13.8. The van der Waals surface area contributed by atoms with Crippen LogP contribution in [-0.4, -0.2) is 15.9 Å². The zero-order chi connectivity index (χ0) is 17.8. The summed E-state index contributed by atoms with van der Waals surface area (Å²) in [4.78, 5) is 20.8. The van der Waals surface area contributed by atoms with Crippen molar-refractivity contribution in [1.82, 2.24) is 9.97 Å². The fourth-order valence-corrected chi connectivity index (χ4v) is 2.33. The Labute approximate surface area is 144 Å². The van der Waals surface area contributed by atoms with E-state index in [0.717, 1.165) is 0 Å². The molecule has 0 aliphatic rings. The highest BCUT2D eigenvalue weighted by Gasteiger charge is 2.16. The number of nitrogens with one attached hydrogen (secondary N) is 1. The molecule has 2 aromatic carbocycles. The molecule has 126 valence electrons. The summed E-state index contributed by atoms with van der Waals surface area (Å²) in [5.74, 6) is -0.519. The highest BCUT2D eigenvalue weighted by atomic mass is 19.1. The number of para-hydroxylation sites is 1. The lowest BCUT2D eigenvalue weighted by atomic mass is 10.2. The predicted octanol–water partition coefficient (Wildman–Crippen LogP) is 4.28. The first-order chi connectivity index (χ1) is 12.0. The van der Waals surface area contributed by atoms with E-state index in [2.05, 4.69) is 15.3 Å². The Morgan fingerprint density at radius 1 is 0.960 bits per heavy atom. The molecule has 0 saturated heterocycles. The van der Waals surface area contributed by atoms with Crippen molar-refractivity contribution in [2.24, 2.45) is 0 Å². The van der Waals surface area contributed by atoms with Gasteiger partial charge in [-0.1, -0.05) is 30.3 Å². The molecule has 0 spiro atoms. The number of nitrogens with zero attached hydrogens (tertiary/aromatic N) is 2. The van der Waals surface area contributed by atoms with Gasteiger partial charge in [0.2, 0.25) is 0 Å². The summed E-state index contributed by atoms with van der Waals surface area (Å²) in [6.45, 7) is 3.45. The fourth-order valence-electron chi connectivity index (χ4n) is 2.33. The SMILES string of the molecule is Cc1nc(Oc2ccccc2)nc(C)c1NC(=O)c1ccccc1F. The number of rotatable bonds is 4. The van der Waals surface area contributed by atoms with Crippen LogP contribution in [0.4, 0.5) is 10.1 Å². The van der Waals surface area contributed by atoms with Crippen molar-refractivity contribution in [3.8, 4) is 11.8 Å². The quantitative estimate of drug-likeness (QED) is 0.772. The van der Waals surface area contributed by atoms with Gasteiger partial charge in [0.05, 0.1) is 22.6 Å². The molecular weight excluding hydrogens is 321 g/mol. The molecule has 5 nitrogen and oxygen atoms in total. The van der Waals surface area contributed by atoms with Crippen LogP contribution in [0.25, 0.3) is 0 Å². The summed E-state index contributed by atoms with van der Waals surface area (Å²) in [7, 11) is 0. The van der Waals surface area contributed by atoms with Crippen LogP contribution in [0, 0.1) is 19.7 Å². The molecule has 3 aromatic rings. The van der Waals surface area contributed by atoms with Crippen LogP contribution in [0.5, 0.6) is 11.8 Å². The minimum atomic E-state index is -0.583. The van der Waals surface area contributed by atoms with E-state index < -0.39 is 11.7 Å². The number of carbonyl (C=O) groups excluding carboxylic acids is 1. The van der Waals surface area contributed by atoms with E-state index in [4.69, 9.17) is 4.74 Å². The second-order valence-corrected chi connectivity index (χ2v) is 5.40. The van der Waals surface area contributed by atoms with Crippen LogP contribution >= 0.6 is 0 Å². The molecule has 1 heterocycles. The van der Waals surface area contributed by atoms with Gasteiger partial charge in [-0.15, -0.1) is 0 Å². The Bertz CT molecular complexity index is 891. The molecule has 0 saturated carbocycles. The summed E-state index contributed by atoms with van der Waals surface area (Å²) >= 11 is 0. The number of aromatic nitrogens is 2. The second kappa shape index (κ2) is 7.09. The molecule has 25 heavy (non-hydrogen) atoms. The molecular formula is C19H16FN3O2. The Morgan fingerprint density at radius 3 is 2.20 bits per heavy atom. The van der Waals surface area contributed by atoms with E-state index >= 15 is 0 Å². The highest BCUT2D eigenvalue weighted by Crippen LogP contribution is 2.24. The van der Waals surface area contributed by atoms with Gasteiger partial charge in [-0.2, -0.15) is 9.97 Å². The standard InChI is InChI=1S/C19H16FN3O2/c1-12-17(23-18(24)15-10-6-7-11-16(15)20)13(2)22-19(21-12)25-14-8-4-3-5-9-14/h3-11H,1-2H3,(H,23,24). The van der Waals surface area contributed by atoms with Gasteiger partial charge in [-0.05, 0) is 38.1 Å². The van der Waals surface area contributed by atoms with E-state index in [9.17, 15) is 9.18 Å². The highest BCUT2D eigenvalue weighted by molar-refractivity contribution is 6.05. The van der Waals surface area contributed by atoms with Crippen LogP contribution in [0.15, 0.2) is 54.6 Å². The first kappa shape index (κ1) is 16.6. The van der Waals surface area contributed by atoms with Gasteiger partial charge < -0.3 is 10.1 Å². The van der Waals surface area contributed by atoms with Crippen molar-refractivity contribution in [3.05, 3.63) is 77.4 Å². The first-order valence-corrected chi connectivity index (χ1v) is 7.68. The monoisotopic (exact) mass is 337 g/mol. The third-order valence-corrected chi connectivity index (χ3v) is 3.56. The Balaban J connectivity index is 1.83. The van der Waals surface area contributed by atoms with Crippen molar-refractivity contribution in [3.63, 3.8) is 0 Å². The molecule has 3 rings (SSSR count). The fraction of sp³-hybridized carbons (Fsp3) is 0.105. The number of hydrogen-bond donors (Lipinski definition) is 1. The third kappa shape index (κ3) is 3.80. The minimum Gasteiger partial charge on any atom is -0.424 e. The molecule has 0 bridgehead atoms. The summed E-state index contributed by atoms with van der Waals surface area (Å²) in [5, 5.41) is 2.67. The first-order valence-electron chi connectivity index (χ1n) is 7.68. The van der Waals surface area contributed by atoms with Gasteiger partial charge in [0.15, 0.2) is 0 Å². The number of carbonyl (C=O) groups is 1. The second-order valence-electron chi connectivity index (χ2n) is 5.40. The summed E-state index contributed by atoms with van der Waals surface area (Å²) < 4.78 is 19.3. The van der Waals surface area contributed by atoms with E-state index in [1.807, 2.05) is 18.2 Å². The van der Waals surface area contributed by atoms with Gasteiger partial charge in [-0.25, -0.2) is 4.39 Å². The number of halogens is 1. The molecule has 0 fully saturated rings. The maximum Gasteiger partial charge on any atom is 0.322 e. The maximum absolute atomic E-state index is 13.7. The number of amides is 1. The smallest absolute Gasteiger partial charge is 0.322 e. The van der Waals surface area contributed by atoms with Gasteiger partial charge in [0.1, 0.15) is 11.6 Å². The topological polar surface area (TPSA) is 64.1 Å². The lowest BCUT2D eigenvalue weighted by Crippen LogP contribution is -2.16. The molecule has 1 N–H and O–H groups in total. The minimum absolute atomic E-state index is 0.0362. The summed E-state index contributed by atoms with van der Waals surface area (Å²) in [6, 6.07) is 15.1. The van der Waals surface area contributed by atoms with Gasteiger partial charge in [0.25, 0.3) is 5.91 Å². The largest absolute Gasteiger partial charge is 0.424 e. The van der Waals surface area contributed by atoms with Gasteiger partial charge in [0, 0.05) is 0 Å². The average Bonchev–Trinajstić information content (AvgIpc) is 2.59. The lowest BCUT2D eigenvalue weighted by Gasteiger charge is -2.12. The molecule has 6 heteroatoms. The Morgan fingerprint density at radius 2 is 1.56 bits per heavy atom. The predicted molar refractivity (Wildman–Crippen MR) is 92.4 cm³/mol. The molecule has 1 aromatic heterocycles. The van der Waals surface area contributed by atoms with Crippen molar-refractivity contribution >= 4 is 11.6 Å². The van der Waals surface area contributed by atoms with Crippen molar-refractivity contribution in [1.29, 1.82) is 0 Å². The lowest BCUT2D eigenvalue weighted by molar-refractivity contribution is 0.102. The molecule has 0 atom stereocenters. The molecule has 0 aliphatic carbocycles. The van der Waals surface area contributed by atoms with Gasteiger partial charge >= 0.3 is 6.01 Å². The number of benzene rings is 2. The van der Waals surface area contributed by atoms with Crippen molar-refractivity contribution < 1.29 is 13.9 Å². The number of hydrogen-bond acceptors (Lipinski definition) is 4. The van der Waals surface area contributed by atoms with Gasteiger partial charge in [-0.3, -0.25) is 4.79 Å². The van der Waals surface area contributed by atoms with Crippen molar-refractivity contribution in [2.45, 2.75) is 13.8 Å². The van der Waals surface area contributed by atoms with E-state index in [1.54, 1.807) is 32.0 Å². The van der Waals surface area contributed by atoms with Crippen LogP contribution in [0.1, 0.15) is 21.7 Å². The molecule has 1 amide bonds. The summed E-state index contributed by atoms with van der Waals surface area (Å²) in [6.07, 6.45) is 0. The molecule has 0 radical (unpaired) electrons. The van der Waals surface area contributed by atoms with E-state index in [0.29, 0.717) is 22.8 Å². The third-order valence-electron chi connectivity index (χ3n) is 3.56. The normalized spacial score (nSPS) is 10.4. The van der Waals surface area contributed by atoms with E-state index in [-0.39, 0.29) is 11.6 Å². The Kier molecular flexibility index (Phi) is 4.70. The molecule has 0 aliphatic heterocycles. The zero-order valence-electron chi connectivity index (χ0n) is 13.8. The maximum atomic E-state index is 13.7. The summed E-state index contributed by atoms with van der Waals surface area (Å²) in [5.41, 5.74) is 1.46. The van der Waals surface area contributed by atoms with Crippen LogP contribution in [-0.2, 0) is 0 Å². The van der Waals surface area contributed by atoms with Crippen LogP contribution in [0.3, 0.4) is 0 Å². The average molecular weight is 337 g/mol. The molecule has 0 unspecified atom stereocenters. The number of aryl methyl sites for hydroxylation is 2. The van der Waals surface area contributed by atoms with E-state index in [1.165, 1.54) is 18.2 Å².